The van der Waals surface area contributed by atoms with Crippen LogP contribution in [0.15, 0.2) is 18.2 Å². The van der Waals surface area contributed by atoms with Crippen LogP contribution < -0.4 is 10.1 Å². The third-order valence-electron chi connectivity index (χ3n) is 3.14. The zero-order valence-electron chi connectivity index (χ0n) is 10.4. The van der Waals surface area contributed by atoms with Gasteiger partial charge in [-0.25, -0.2) is 0 Å². The van der Waals surface area contributed by atoms with Crippen LogP contribution in [0.25, 0.3) is 0 Å². The summed E-state index contributed by atoms with van der Waals surface area (Å²) in [6, 6.07) is 6.27. The Kier molecular flexibility index (Phi) is 4.59. The van der Waals surface area contributed by atoms with E-state index in [9.17, 15) is 4.79 Å². The van der Waals surface area contributed by atoms with E-state index in [-0.39, 0.29) is 6.54 Å². The molecule has 4 heteroatoms. The Hall–Kier alpha value is -1.55. The van der Waals surface area contributed by atoms with Crippen molar-refractivity contribution in [3.63, 3.8) is 0 Å². The molecule has 0 aliphatic heterocycles. The van der Waals surface area contributed by atoms with E-state index >= 15 is 0 Å². The molecular formula is C14H19NO3. The molecule has 0 atom stereocenters. The fourth-order valence-corrected chi connectivity index (χ4v) is 2.24. The smallest absolute Gasteiger partial charge is 0.317 e. The van der Waals surface area contributed by atoms with Crippen molar-refractivity contribution in [2.45, 2.75) is 25.7 Å². The third-order valence-corrected chi connectivity index (χ3v) is 3.14. The molecule has 1 aromatic rings. The van der Waals surface area contributed by atoms with Gasteiger partial charge in [0.2, 0.25) is 0 Å². The SMILES string of the molecule is O=C(O)CNCCOc1ccc2c(c1)CCCC2. The molecule has 0 spiro atoms. The minimum atomic E-state index is -0.844. The first-order valence-corrected chi connectivity index (χ1v) is 6.43. The zero-order chi connectivity index (χ0) is 12.8. The number of ether oxygens (including phenoxy) is 1. The lowest BCUT2D eigenvalue weighted by molar-refractivity contribution is -0.135. The van der Waals surface area contributed by atoms with Gasteiger partial charge in [0.1, 0.15) is 12.4 Å². The molecule has 18 heavy (non-hydrogen) atoms. The molecule has 1 aliphatic rings. The van der Waals surface area contributed by atoms with Crippen LogP contribution in [0.3, 0.4) is 0 Å². The standard InChI is InChI=1S/C14H19NO3/c16-14(17)10-15-7-8-18-13-6-5-11-3-1-2-4-12(11)9-13/h5-6,9,15H,1-4,7-8,10H2,(H,16,17). The minimum Gasteiger partial charge on any atom is -0.492 e. The first-order chi connectivity index (χ1) is 8.75. The number of carboxylic acids is 1. The van der Waals surface area contributed by atoms with Crippen molar-refractivity contribution in [2.24, 2.45) is 0 Å². The Balaban J connectivity index is 1.77. The molecule has 0 fully saturated rings. The van der Waals surface area contributed by atoms with E-state index in [0.717, 1.165) is 12.2 Å². The summed E-state index contributed by atoms with van der Waals surface area (Å²) in [6.07, 6.45) is 4.86. The molecule has 0 aromatic heterocycles. The Morgan fingerprint density at radius 1 is 1.28 bits per heavy atom. The molecule has 1 aliphatic carbocycles. The second-order valence-corrected chi connectivity index (χ2v) is 4.56. The van der Waals surface area contributed by atoms with E-state index in [0.29, 0.717) is 13.2 Å². The first-order valence-electron chi connectivity index (χ1n) is 6.43. The van der Waals surface area contributed by atoms with E-state index < -0.39 is 5.97 Å². The summed E-state index contributed by atoms with van der Waals surface area (Å²) in [6.45, 7) is 1.02. The average Bonchev–Trinajstić information content (AvgIpc) is 2.38. The molecule has 4 nitrogen and oxygen atoms in total. The quantitative estimate of drug-likeness (QED) is 0.752. The van der Waals surface area contributed by atoms with Crippen LogP contribution in [0.2, 0.25) is 0 Å². The van der Waals surface area contributed by atoms with E-state index in [1.807, 2.05) is 6.07 Å². The lowest BCUT2D eigenvalue weighted by Gasteiger charge is -2.16. The number of hydrogen-bond acceptors (Lipinski definition) is 3. The van der Waals surface area contributed by atoms with Gasteiger partial charge in [0.05, 0.1) is 6.54 Å². The van der Waals surface area contributed by atoms with Crippen LogP contribution in [-0.4, -0.2) is 30.8 Å². The summed E-state index contributed by atoms with van der Waals surface area (Å²) in [5.41, 5.74) is 2.84. The lowest BCUT2D eigenvalue weighted by Crippen LogP contribution is -2.26. The highest BCUT2D eigenvalue weighted by atomic mass is 16.5. The maximum atomic E-state index is 10.3. The normalized spacial score (nSPS) is 14.0. The largest absolute Gasteiger partial charge is 0.492 e. The summed E-state index contributed by atoms with van der Waals surface area (Å²) >= 11 is 0. The fourth-order valence-electron chi connectivity index (χ4n) is 2.24. The van der Waals surface area contributed by atoms with Crippen molar-refractivity contribution in [1.82, 2.24) is 5.32 Å². The molecule has 0 bridgehead atoms. The van der Waals surface area contributed by atoms with Crippen LogP contribution in [0, 0.1) is 0 Å². The van der Waals surface area contributed by atoms with Gasteiger partial charge in [-0.1, -0.05) is 6.07 Å². The van der Waals surface area contributed by atoms with Gasteiger partial charge >= 0.3 is 5.97 Å². The van der Waals surface area contributed by atoms with E-state index in [1.54, 1.807) is 0 Å². The molecular weight excluding hydrogens is 230 g/mol. The number of aliphatic carboxylic acids is 1. The Morgan fingerprint density at radius 3 is 2.83 bits per heavy atom. The molecule has 0 heterocycles. The number of benzene rings is 1. The summed E-state index contributed by atoms with van der Waals surface area (Å²) in [7, 11) is 0. The monoisotopic (exact) mass is 249 g/mol. The molecule has 98 valence electrons. The van der Waals surface area contributed by atoms with Crippen molar-refractivity contribution in [1.29, 1.82) is 0 Å². The number of carboxylic acid groups (broad SMARTS) is 1. The molecule has 0 saturated carbocycles. The second-order valence-electron chi connectivity index (χ2n) is 4.56. The van der Waals surface area contributed by atoms with E-state index in [4.69, 9.17) is 9.84 Å². The summed E-state index contributed by atoms with van der Waals surface area (Å²) in [5, 5.41) is 11.3. The van der Waals surface area contributed by atoms with Gasteiger partial charge in [-0.05, 0) is 48.9 Å². The van der Waals surface area contributed by atoms with Gasteiger partial charge in [-0.15, -0.1) is 0 Å². The highest BCUT2D eigenvalue weighted by molar-refractivity contribution is 5.68. The topological polar surface area (TPSA) is 58.6 Å². The van der Waals surface area contributed by atoms with Crippen molar-refractivity contribution in [3.05, 3.63) is 29.3 Å². The first kappa shape index (κ1) is 12.9. The number of rotatable bonds is 6. The molecule has 0 radical (unpaired) electrons. The van der Waals surface area contributed by atoms with Crippen LogP contribution >= 0.6 is 0 Å². The minimum absolute atomic E-state index is 0.0203. The van der Waals surface area contributed by atoms with E-state index in [2.05, 4.69) is 17.4 Å². The van der Waals surface area contributed by atoms with Crippen LogP contribution in [-0.2, 0) is 17.6 Å². The van der Waals surface area contributed by atoms with Crippen LogP contribution in [0.1, 0.15) is 24.0 Å². The van der Waals surface area contributed by atoms with Crippen LogP contribution in [0.4, 0.5) is 0 Å². The van der Waals surface area contributed by atoms with Crippen molar-refractivity contribution in [3.8, 4) is 5.75 Å². The maximum Gasteiger partial charge on any atom is 0.317 e. The highest BCUT2D eigenvalue weighted by Gasteiger charge is 2.09. The second kappa shape index (κ2) is 6.40. The molecule has 0 unspecified atom stereocenters. The number of nitrogens with one attached hydrogen (secondary N) is 1. The number of hydrogen-bond donors (Lipinski definition) is 2. The molecule has 1 aromatic carbocycles. The average molecular weight is 249 g/mol. The predicted octanol–water partition coefficient (Wildman–Crippen LogP) is 1.62. The Labute approximate surface area is 107 Å². The van der Waals surface area contributed by atoms with Crippen molar-refractivity contribution in [2.75, 3.05) is 19.7 Å². The Morgan fingerprint density at radius 2 is 2.06 bits per heavy atom. The van der Waals surface area contributed by atoms with E-state index in [1.165, 1.54) is 30.4 Å². The molecule has 2 N–H and O–H groups in total. The van der Waals surface area contributed by atoms with Gasteiger partial charge in [-0.2, -0.15) is 0 Å². The number of aryl methyl sites for hydroxylation is 2. The van der Waals surface area contributed by atoms with Gasteiger partial charge in [0.15, 0.2) is 0 Å². The zero-order valence-corrected chi connectivity index (χ0v) is 10.4. The van der Waals surface area contributed by atoms with Crippen LogP contribution in [0.5, 0.6) is 5.75 Å². The van der Waals surface area contributed by atoms with Gasteiger partial charge in [-0.3, -0.25) is 4.79 Å². The molecule has 0 saturated heterocycles. The maximum absolute atomic E-state index is 10.3. The Bertz CT molecular complexity index is 418. The fraction of sp³-hybridized carbons (Fsp3) is 0.500. The van der Waals surface area contributed by atoms with Gasteiger partial charge < -0.3 is 15.2 Å². The van der Waals surface area contributed by atoms with Crippen molar-refractivity contribution >= 4 is 5.97 Å². The summed E-state index contributed by atoms with van der Waals surface area (Å²) in [5.74, 6) is 0.0385. The predicted molar refractivity (Wildman–Crippen MR) is 69.1 cm³/mol. The van der Waals surface area contributed by atoms with Gasteiger partial charge in [0, 0.05) is 6.54 Å². The molecule has 0 amide bonds. The van der Waals surface area contributed by atoms with Crippen molar-refractivity contribution < 1.29 is 14.6 Å². The summed E-state index contributed by atoms with van der Waals surface area (Å²) < 4.78 is 5.60. The summed E-state index contributed by atoms with van der Waals surface area (Å²) in [4.78, 5) is 10.3. The lowest BCUT2D eigenvalue weighted by atomic mass is 9.92. The molecule has 2 rings (SSSR count). The highest BCUT2D eigenvalue weighted by Crippen LogP contribution is 2.25. The van der Waals surface area contributed by atoms with Gasteiger partial charge in [0.25, 0.3) is 0 Å². The number of fused-ring (bicyclic) bond motifs is 1. The third kappa shape index (κ3) is 3.74. The number of carbonyl (C=O) groups is 1.